The fourth-order valence-electron chi connectivity index (χ4n) is 2.25. The number of aliphatic hydroxyl groups excluding tert-OH is 1. The Balaban J connectivity index is 3.44. The second-order valence-electron chi connectivity index (χ2n) is 4.72. The molecule has 0 aliphatic heterocycles. The Bertz CT molecular complexity index is 112. The summed E-state index contributed by atoms with van der Waals surface area (Å²) in [5, 5.41) is 8.71. The minimum atomic E-state index is 0.369. The largest absolute Gasteiger partial charge is 0.396 e. The molecular formula is C14H30O. The molecule has 0 rings (SSSR count). The van der Waals surface area contributed by atoms with Crippen molar-refractivity contribution in [3.8, 4) is 0 Å². The van der Waals surface area contributed by atoms with E-state index < -0.39 is 0 Å². The molecule has 0 saturated heterocycles. The molecule has 1 heteroatoms. The van der Waals surface area contributed by atoms with Crippen LogP contribution in [0.25, 0.3) is 0 Å². The highest BCUT2D eigenvalue weighted by molar-refractivity contribution is 4.59. The van der Waals surface area contributed by atoms with Crippen molar-refractivity contribution < 1.29 is 5.11 Å². The highest BCUT2D eigenvalue weighted by atomic mass is 16.2. The Morgan fingerprint density at radius 2 is 1.40 bits per heavy atom. The summed E-state index contributed by atoms with van der Waals surface area (Å²) in [6.45, 7) is 4.94. The molecule has 0 heterocycles. The number of hydrogen-bond donors (Lipinski definition) is 1. The van der Waals surface area contributed by atoms with Gasteiger partial charge in [0.1, 0.15) is 0 Å². The van der Waals surface area contributed by atoms with Crippen LogP contribution in [0.4, 0.5) is 0 Å². The first-order chi connectivity index (χ1) is 7.35. The minimum Gasteiger partial charge on any atom is -0.396 e. The molecule has 0 aromatic carbocycles. The maximum absolute atomic E-state index is 8.71. The molecular weight excluding hydrogens is 184 g/mol. The lowest BCUT2D eigenvalue weighted by Gasteiger charge is -2.15. The van der Waals surface area contributed by atoms with Crippen LogP contribution in [0.15, 0.2) is 0 Å². The van der Waals surface area contributed by atoms with Crippen LogP contribution < -0.4 is 0 Å². The Hall–Kier alpha value is -0.0400. The van der Waals surface area contributed by atoms with E-state index >= 15 is 0 Å². The van der Waals surface area contributed by atoms with E-state index in [1.165, 1.54) is 57.8 Å². The van der Waals surface area contributed by atoms with Gasteiger partial charge in [-0.2, -0.15) is 0 Å². The zero-order valence-electron chi connectivity index (χ0n) is 10.8. The van der Waals surface area contributed by atoms with Crippen molar-refractivity contribution in [2.75, 3.05) is 6.61 Å². The molecule has 0 radical (unpaired) electrons. The molecule has 1 N–H and O–H groups in total. The van der Waals surface area contributed by atoms with E-state index in [-0.39, 0.29) is 0 Å². The van der Waals surface area contributed by atoms with E-state index in [1.54, 1.807) is 0 Å². The third-order valence-corrected chi connectivity index (χ3v) is 3.18. The van der Waals surface area contributed by atoms with E-state index in [1.807, 2.05) is 0 Å². The van der Waals surface area contributed by atoms with Crippen molar-refractivity contribution in [1.29, 1.82) is 0 Å². The predicted molar refractivity (Wildman–Crippen MR) is 68.1 cm³/mol. The van der Waals surface area contributed by atoms with Gasteiger partial charge in [-0.15, -0.1) is 0 Å². The van der Waals surface area contributed by atoms with Crippen LogP contribution in [0.2, 0.25) is 0 Å². The molecule has 0 aliphatic rings. The van der Waals surface area contributed by atoms with E-state index in [0.717, 1.165) is 12.3 Å². The lowest BCUT2D eigenvalue weighted by atomic mass is 9.91. The molecule has 92 valence electrons. The van der Waals surface area contributed by atoms with Crippen LogP contribution in [0.1, 0.15) is 78.1 Å². The number of aliphatic hydroxyl groups is 1. The van der Waals surface area contributed by atoms with E-state index in [2.05, 4.69) is 13.8 Å². The summed E-state index contributed by atoms with van der Waals surface area (Å²) < 4.78 is 0. The van der Waals surface area contributed by atoms with Gasteiger partial charge in [-0.05, 0) is 12.3 Å². The number of rotatable bonds is 11. The normalized spacial score (nSPS) is 13.0. The summed E-state index contributed by atoms with van der Waals surface area (Å²) in [4.78, 5) is 0. The first kappa shape index (κ1) is 15.0. The topological polar surface area (TPSA) is 20.2 Å². The molecule has 0 bridgehead atoms. The molecule has 1 unspecified atom stereocenters. The quantitative estimate of drug-likeness (QED) is 0.501. The molecule has 0 aromatic heterocycles. The Morgan fingerprint density at radius 1 is 0.733 bits per heavy atom. The van der Waals surface area contributed by atoms with Gasteiger partial charge in [-0.1, -0.05) is 71.6 Å². The van der Waals surface area contributed by atoms with Crippen LogP contribution in [-0.4, -0.2) is 11.7 Å². The average Bonchev–Trinajstić information content (AvgIpc) is 2.24. The lowest BCUT2D eigenvalue weighted by Crippen LogP contribution is -2.00. The second kappa shape index (κ2) is 12.0. The van der Waals surface area contributed by atoms with E-state index in [4.69, 9.17) is 5.11 Å². The van der Waals surface area contributed by atoms with Crippen LogP contribution >= 0.6 is 0 Å². The van der Waals surface area contributed by atoms with Crippen molar-refractivity contribution in [3.63, 3.8) is 0 Å². The summed E-state index contributed by atoms with van der Waals surface area (Å²) in [5.74, 6) is 0.959. The van der Waals surface area contributed by atoms with Gasteiger partial charge in [0.25, 0.3) is 0 Å². The third-order valence-electron chi connectivity index (χ3n) is 3.18. The molecule has 0 aromatic rings. The van der Waals surface area contributed by atoms with Crippen LogP contribution in [0, 0.1) is 5.92 Å². The zero-order valence-corrected chi connectivity index (χ0v) is 10.8. The van der Waals surface area contributed by atoms with Gasteiger partial charge in [0.15, 0.2) is 0 Å². The summed E-state index contributed by atoms with van der Waals surface area (Å²) in [7, 11) is 0. The maximum Gasteiger partial charge on any atom is 0.0431 e. The van der Waals surface area contributed by atoms with Crippen molar-refractivity contribution >= 4 is 0 Å². The smallest absolute Gasteiger partial charge is 0.0431 e. The van der Waals surface area contributed by atoms with Gasteiger partial charge in [0, 0.05) is 6.61 Å². The monoisotopic (exact) mass is 214 g/mol. The van der Waals surface area contributed by atoms with Crippen LogP contribution in [0.5, 0.6) is 0 Å². The van der Waals surface area contributed by atoms with Gasteiger partial charge in [0.05, 0.1) is 0 Å². The highest BCUT2D eigenvalue weighted by Gasteiger charge is 2.06. The van der Waals surface area contributed by atoms with Gasteiger partial charge < -0.3 is 5.11 Å². The van der Waals surface area contributed by atoms with Gasteiger partial charge in [-0.3, -0.25) is 0 Å². The predicted octanol–water partition coefficient (Wildman–Crippen LogP) is 4.54. The van der Waals surface area contributed by atoms with Crippen LogP contribution in [0.3, 0.4) is 0 Å². The molecule has 0 amide bonds. The SMILES string of the molecule is CCCCCC(CCC)CCCCCO. The summed E-state index contributed by atoms with van der Waals surface area (Å²) in [5.41, 5.74) is 0. The first-order valence-electron chi connectivity index (χ1n) is 6.96. The van der Waals surface area contributed by atoms with Crippen molar-refractivity contribution in [3.05, 3.63) is 0 Å². The molecule has 0 saturated carbocycles. The van der Waals surface area contributed by atoms with Gasteiger partial charge >= 0.3 is 0 Å². The summed E-state index contributed by atoms with van der Waals surface area (Å²) in [6.07, 6.45) is 13.2. The third kappa shape index (κ3) is 10.2. The molecule has 0 spiro atoms. The minimum absolute atomic E-state index is 0.369. The lowest BCUT2D eigenvalue weighted by molar-refractivity contribution is 0.278. The van der Waals surface area contributed by atoms with Crippen molar-refractivity contribution in [1.82, 2.24) is 0 Å². The standard InChI is InChI=1S/C14H30O/c1-3-5-7-11-14(10-4-2)12-8-6-9-13-15/h14-15H,3-13H2,1-2H3. The van der Waals surface area contributed by atoms with Gasteiger partial charge in [0.2, 0.25) is 0 Å². The molecule has 0 fully saturated rings. The molecule has 15 heavy (non-hydrogen) atoms. The van der Waals surface area contributed by atoms with Crippen LogP contribution in [-0.2, 0) is 0 Å². The maximum atomic E-state index is 8.71. The van der Waals surface area contributed by atoms with E-state index in [9.17, 15) is 0 Å². The number of unbranched alkanes of at least 4 members (excludes halogenated alkanes) is 4. The van der Waals surface area contributed by atoms with Gasteiger partial charge in [-0.25, -0.2) is 0 Å². The average molecular weight is 214 g/mol. The highest BCUT2D eigenvalue weighted by Crippen LogP contribution is 2.21. The fourth-order valence-corrected chi connectivity index (χ4v) is 2.25. The first-order valence-corrected chi connectivity index (χ1v) is 6.96. The summed E-state index contributed by atoms with van der Waals surface area (Å²) in [6, 6.07) is 0. The van der Waals surface area contributed by atoms with E-state index in [0.29, 0.717) is 6.61 Å². The Kier molecular flexibility index (Phi) is 12.0. The Labute approximate surface area is 96.3 Å². The fraction of sp³-hybridized carbons (Fsp3) is 1.00. The Morgan fingerprint density at radius 3 is 1.93 bits per heavy atom. The number of hydrogen-bond acceptors (Lipinski definition) is 1. The van der Waals surface area contributed by atoms with Crippen molar-refractivity contribution in [2.45, 2.75) is 78.1 Å². The second-order valence-corrected chi connectivity index (χ2v) is 4.72. The zero-order chi connectivity index (χ0) is 11.4. The molecule has 1 atom stereocenters. The molecule has 0 aliphatic carbocycles. The summed E-state index contributed by atoms with van der Waals surface area (Å²) >= 11 is 0. The van der Waals surface area contributed by atoms with Crippen molar-refractivity contribution in [2.24, 2.45) is 5.92 Å². The molecule has 1 nitrogen and oxygen atoms in total.